The molecule has 0 saturated heterocycles. The van der Waals surface area contributed by atoms with Crippen LogP contribution in [0.3, 0.4) is 0 Å². The highest BCUT2D eigenvalue weighted by atomic mass is 16.5. The number of aryl methyl sites for hydroxylation is 1. The van der Waals surface area contributed by atoms with Gasteiger partial charge in [-0.15, -0.1) is 0 Å². The fraction of sp³-hybridized carbons (Fsp3) is 0.207. The van der Waals surface area contributed by atoms with Crippen LogP contribution in [0, 0.1) is 13.8 Å². The number of carbonyl (C=O) groups is 2. The van der Waals surface area contributed by atoms with Crippen LogP contribution in [0.5, 0.6) is 0 Å². The summed E-state index contributed by atoms with van der Waals surface area (Å²) in [5.74, 6) is -0.471. The van der Waals surface area contributed by atoms with Gasteiger partial charge in [-0.25, -0.2) is 9.48 Å². The molecule has 0 atom stereocenters. The monoisotopic (exact) mass is 467 g/mol. The number of aromatic nitrogens is 2. The zero-order valence-corrected chi connectivity index (χ0v) is 20.2. The van der Waals surface area contributed by atoms with Crippen molar-refractivity contribution in [1.29, 1.82) is 0 Å². The molecule has 0 radical (unpaired) electrons. The van der Waals surface area contributed by atoms with Gasteiger partial charge in [-0.05, 0) is 56.2 Å². The quantitative estimate of drug-likeness (QED) is 0.360. The van der Waals surface area contributed by atoms with Crippen LogP contribution >= 0.6 is 0 Å². The van der Waals surface area contributed by atoms with Crippen molar-refractivity contribution in [2.24, 2.45) is 0 Å². The van der Waals surface area contributed by atoms with E-state index >= 15 is 0 Å². The highest BCUT2D eigenvalue weighted by molar-refractivity contribution is 5.94. The van der Waals surface area contributed by atoms with Gasteiger partial charge in [0.25, 0.3) is 5.91 Å². The summed E-state index contributed by atoms with van der Waals surface area (Å²) in [5.41, 5.74) is 5.40. The van der Waals surface area contributed by atoms with Crippen LogP contribution in [-0.4, -0.2) is 34.8 Å². The Morgan fingerprint density at radius 1 is 0.886 bits per heavy atom. The lowest BCUT2D eigenvalue weighted by Crippen LogP contribution is -2.29. The van der Waals surface area contributed by atoms with E-state index in [0.29, 0.717) is 35.7 Å². The maximum Gasteiger partial charge on any atom is 0.341 e. The number of rotatable bonds is 8. The molecule has 4 rings (SSSR count). The first-order valence-corrected chi connectivity index (χ1v) is 11.7. The molecule has 178 valence electrons. The average molecular weight is 468 g/mol. The topological polar surface area (TPSA) is 73.2 Å². The minimum absolute atomic E-state index is 0.0524. The normalized spacial score (nSPS) is 10.9. The van der Waals surface area contributed by atoms with Gasteiger partial charge in [0.05, 0.1) is 23.7 Å². The van der Waals surface area contributed by atoms with Crippen LogP contribution in [0.15, 0.2) is 84.9 Å². The van der Waals surface area contributed by atoms with Gasteiger partial charge in [0.15, 0.2) is 0 Å². The van der Waals surface area contributed by atoms with Crippen LogP contribution in [0.2, 0.25) is 0 Å². The van der Waals surface area contributed by atoms with Crippen molar-refractivity contribution in [3.8, 4) is 5.69 Å². The first-order chi connectivity index (χ1) is 17.0. The van der Waals surface area contributed by atoms with E-state index in [2.05, 4.69) is 34.7 Å². The molecule has 6 heteroatoms. The van der Waals surface area contributed by atoms with E-state index in [1.807, 2.05) is 55.5 Å². The Labute approximate surface area is 205 Å². The van der Waals surface area contributed by atoms with Gasteiger partial charge in [0.1, 0.15) is 5.56 Å². The number of ether oxygens (including phenoxy) is 1. The van der Waals surface area contributed by atoms with E-state index in [1.54, 1.807) is 30.7 Å². The van der Waals surface area contributed by atoms with Crippen LogP contribution in [0.1, 0.15) is 56.1 Å². The maximum atomic E-state index is 13.0. The highest BCUT2D eigenvalue weighted by Gasteiger charge is 2.21. The van der Waals surface area contributed by atoms with Crippen molar-refractivity contribution in [3.63, 3.8) is 0 Å². The lowest BCUT2D eigenvalue weighted by molar-refractivity contribution is 0.0524. The minimum Gasteiger partial charge on any atom is -0.462 e. The molecule has 4 aromatic rings. The number of hydrogen-bond donors (Lipinski definition) is 1. The van der Waals surface area contributed by atoms with Crippen molar-refractivity contribution in [1.82, 2.24) is 15.1 Å². The van der Waals surface area contributed by atoms with E-state index in [0.717, 1.165) is 16.8 Å². The van der Waals surface area contributed by atoms with Crippen molar-refractivity contribution < 1.29 is 14.3 Å². The molecule has 0 aliphatic rings. The second-order valence-corrected chi connectivity index (χ2v) is 8.31. The van der Waals surface area contributed by atoms with E-state index < -0.39 is 0 Å². The zero-order chi connectivity index (χ0) is 24.8. The number of nitrogens with one attached hydrogen (secondary N) is 1. The summed E-state index contributed by atoms with van der Waals surface area (Å²) < 4.78 is 6.85. The van der Waals surface area contributed by atoms with Gasteiger partial charge in [0.2, 0.25) is 0 Å². The van der Waals surface area contributed by atoms with Gasteiger partial charge < -0.3 is 10.1 Å². The van der Waals surface area contributed by atoms with E-state index in [-0.39, 0.29) is 17.8 Å². The van der Waals surface area contributed by atoms with Crippen LogP contribution in [0.4, 0.5) is 0 Å². The van der Waals surface area contributed by atoms with E-state index in [4.69, 9.17) is 4.74 Å². The Hall–Kier alpha value is -4.19. The molecule has 0 fully saturated rings. The molecule has 0 unspecified atom stereocenters. The maximum absolute atomic E-state index is 13.0. The number of amides is 1. The third kappa shape index (κ3) is 5.32. The summed E-state index contributed by atoms with van der Waals surface area (Å²) in [7, 11) is 0. The third-order valence-corrected chi connectivity index (χ3v) is 6.02. The molecule has 0 saturated carbocycles. The summed E-state index contributed by atoms with van der Waals surface area (Å²) in [4.78, 5) is 25.2. The molecule has 0 spiro atoms. The summed E-state index contributed by atoms with van der Waals surface area (Å²) >= 11 is 0. The lowest BCUT2D eigenvalue weighted by Gasteiger charge is -2.19. The number of nitrogens with zero attached hydrogens (tertiary/aromatic N) is 2. The van der Waals surface area contributed by atoms with E-state index in [9.17, 15) is 9.59 Å². The smallest absolute Gasteiger partial charge is 0.341 e. The Balaban J connectivity index is 1.50. The molecule has 1 heterocycles. The second kappa shape index (κ2) is 10.8. The number of carbonyl (C=O) groups excluding carboxylic acids is 2. The summed E-state index contributed by atoms with van der Waals surface area (Å²) in [6.07, 6.45) is 0. The van der Waals surface area contributed by atoms with Crippen molar-refractivity contribution in [2.45, 2.75) is 26.7 Å². The SMILES string of the molecule is CCOC(=O)c1c(C)nn(-c2ccc(C(=O)NCC(c3ccccc3)c3ccccc3)cc2)c1C. The Morgan fingerprint density at radius 2 is 1.46 bits per heavy atom. The molecule has 0 aliphatic heterocycles. The standard InChI is InChI=1S/C29H29N3O3/c1-4-35-29(34)27-20(2)31-32(21(27)3)25-17-15-24(16-18-25)28(33)30-19-26(22-11-7-5-8-12-22)23-13-9-6-10-14-23/h5-18,26H,4,19H2,1-3H3,(H,30,33). The molecule has 0 bridgehead atoms. The summed E-state index contributed by atoms with van der Waals surface area (Å²) in [5, 5.41) is 7.59. The molecule has 0 aliphatic carbocycles. The number of hydrogen-bond acceptors (Lipinski definition) is 4. The van der Waals surface area contributed by atoms with Crippen molar-refractivity contribution in [3.05, 3.63) is 119 Å². The lowest BCUT2D eigenvalue weighted by atomic mass is 9.91. The van der Waals surface area contributed by atoms with Crippen LogP contribution in [0.25, 0.3) is 5.69 Å². The number of benzene rings is 3. The van der Waals surface area contributed by atoms with Gasteiger partial charge in [-0.1, -0.05) is 60.7 Å². The first-order valence-electron chi connectivity index (χ1n) is 11.7. The fourth-order valence-corrected chi connectivity index (χ4v) is 4.24. The zero-order valence-electron chi connectivity index (χ0n) is 20.2. The third-order valence-electron chi connectivity index (χ3n) is 6.02. The average Bonchev–Trinajstić information content (AvgIpc) is 3.19. The molecule has 3 aromatic carbocycles. The predicted octanol–water partition coefficient (Wildman–Crippen LogP) is 5.23. The Bertz CT molecular complexity index is 1260. The molecule has 1 aromatic heterocycles. The van der Waals surface area contributed by atoms with Crippen molar-refractivity contribution in [2.75, 3.05) is 13.2 Å². The van der Waals surface area contributed by atoms with Crippen LogP contribution < -0.4 is 5.32 Å². The Kier molecular flexibility index (Phi) is 7.41. The highest BCUT2D eigenvalue weighted by Crippen LogP contribution is 2.24. The number of esters is 1. The van der Waals surface area contributed by atoms with E-state index in [1.165, 1.54) is 0 Å². The predicted molar refractivity (Wildman–Crippen MR) is 136 cm³/mol. The summed E-state index contributed by atoms with van der Waals surface area (Å²) in [6.45, 7) is 6.18. The van der Waals surface area contributed by atoms with Crippen molar-refractivity contribution >= 4 is 11.9 Å². The molecule has 6 nitrogen and oxygen atoms in total. The van der Waals surface area contributed by atoms with Gasteiger partial charge in [0, 0.05) is 18.0 Å². The Morgan fingerprint density at radius 3 is 2.00 bits per heavy atom. The van der Waals surface area contributed by atoms with Crippen LogP contribution in [-0.2, 0) is 4.74 Å². The first kappa shape index (κ1) is 24.0. The van der Waals surface area contributed by atoms with Gasteiger partial charge in [-0.3, -0.25) is 4.79 Å². The molecule has 35 heavy (non-hydrogen) atoms. The molecule has 1 N–H and O–H groups in total. The minimum atomic E-state index is -0.379. The largest absolute Gasteiger partial charge is 0.462 e. The second-order valence-electron chi connectivity index (χ2n) is 8.31. The van der Waals surface area contributed by atoms with Gasteiger partial charge in [-0.2, -0.15) is 5.10 Å². The molecular weight excluding hydrogens is 438 g/mol. The van der Waals surface area contributed by atoms with Gasteiger partial charge >= 0.3 is 5.97 Å². The summed E-state index contributed by atoms with van der Waals surface area (Å²) in [6, 6.07) is 27.5. The fourth-order valence-electron chi connectivity index (χ4n) is 4.24. The molecular formula is C29H29N3O3. The molecule has 1 amide bonds.